The van der Waals surface area contributed by atoms with Crippen LogP contribution in [0.3, 0.4) is 0 Å². The highest BCUT2D eigenvalue weighted by Crippen LogP contribution is 2.17. The molecule has 0 heterocycles. The van der Waals surface area contributed by atoms with E-state index >= 15 is 0 Å². The second-order valence-corrected chi connectivity index (χ2v) is 22.4. The number of amides is 1. The first-order chi connectivity index (χ1) is 36.0. The van der Waals surface area contributed by atoms with Gasteiger partial charge in [-0.15, -0.1) is 0 Å². The van der Waals surface area contributed by atoms with E-state index in [0.29, 0.717) is 19.4 Å². The fourth-order valence-corrected chi connectivity index (χ4v) is 10.1. The maximum Gasteiger partial charge on any atom is 0.305 e. The first kappa shape index (κ1) is 71.1. The molecule has 430 valence electrons. The molecule has 73 heavy (non-hydrogen) atoms. The summed E-state index contributed by atoms with van der Waals surface area (Å²) in [5.74, 6) is -0.0615. The number of carbonyl (C=O) groups excluding carboxylic acids is 2. The highest BCUT2D eigenvalue weighted by Gasteiger charge is 2.18. The largest absolute Gasteiger partial charge is 0.466 e. The van der Waals surface area contributed by atoms with E-state index in [1.807, 2.05) is 6.08 Å². The van der Waals surface area contributed by atoms with E-state index in [1.165, 1.54) is 283 Å². The molecule has 0 aromatic rings. The Morgan fingerprint density at radius 1 is 0.370 bits per heavy atom. The normalized spacial score (nSPS) is 12.8. The molecule has 0 aromatic heterocycles. The first-order valence-electron chi connectivity index (χ1n) is 32.8. The Morgan fingerprint density at radius 2 is 0.644 bits per heavy atom. The van der Waals surface area contributed by atoms with Gasteiger partial charge in [0, 0.05) is 12.8 Å². The molecule has 0 saturated heterocycles. The van der Waals surface area contributed by atoms with E-state index in [9.17, 15) is 19.8 Å². The number of aliphatic hydroxyl groups excluding tert-OH is 2. The average molecular weight is 1030 g/mol. The van der Waals surface area contributed by atoms with Gasteiger partial charge in [-0.1, -0.05) is 294 Å². The van der Waals surface area contributed by atoms with Gasteiger partial charge in [-0.25, -0.2) is 0 Å². The van der Waals surface area contributed by atoms with E-state index in [1.54, 1.807) is 6.08 Å². The zero-order chi connectivity index (χ0) is 52.9. The van der Waals surface area contributed by atoms with Gasteiger partial charge in [0.15, 0.2) is 0 Å². The Kier molecular flexibility index (Phi) is 61.0. The molecule has 1 amide bonds. The molecule has 0 bridgehead atoms. The van der Waals surface area contributed by atoms with E-state index in [0.717, 1.165) is 44.9 Å². The lowest BCUT2D eigenvalue weighted by atomic mass is 10.0. The Bertz CT molecular complexity index is 1180. The summed E-state index contributed by atoms with van der Waals surface area (Å²) in [6.07, 6.45) is 79.1. The highest BCUT2D eigenvalue weighted by molar-refractivity contribution is 5.76. The minimum atomic E-state index is -0.845. The van der Waals surface area contributed by atoms with Gasteiger partial charge in [0.2, 0.25) is 5.91 Å². The molecule has 0 saturated carbocycles. The van der Waals surface area contributed by atoms with Crippen LogP contribution in [0.25, 0.3) is 0 Å². The molecule has 0 fully saturated rings. The molecule has 2 atom stereocenters. The van der Waals surface area contributed by atoms with Crippen LogP contribution in [0.2, 0.25) is 0 Å². The lowest BCUT2D eigenvalue weighted by molar-refractivity contribution is -0.143. The van der Waals surface area contributed by atoms with E-state index in [2.05, 4.69) is 43.5 Å². The number of allylic oxidation sites excluding steroid dienone is 5. The fourth-order valence-electron chi connectivity index (χ4n) is 10.1. The third kappa shape index (κ3) is 59.2. The van der Waals surface area contributed by atoms with E-state index in [4.69, 9.17) is 4.74 Å². The molecule has 0 spiro atoms. The van der Waals surface area contributed by atoms with E-state index < -0.39 is 12.1 Å². The summed E-state index contributed by atoms with van der Waals surface area (Å²) in [4.78, 5) is 24.5. The lowest BCUT2D eigenvalue weighted by Crippen LogP contribution is -2.45. The van der Waals surface area contributed by atoms with Gasteiger partial charge in [0.1, 0.15) is 0 Å². The molecule has 0 aliphatic heterocycles. The number of rotatable bonds is 61. The van der Waals surface area contributed by atoms with Gasteiger partial charge in [-0.05, 0) is 83.5 Å². The zero-order valence-corrected chi connectivity index (χ0v) is 49.1. The molecule has 6 nitrogen and oxygen atoms in total. The Labute approximate surface area is 455 Å². The number of nitrogens with one attached hydrogen (secondary N) is 1. The number of aliphatic hydroxyl groups is 2. The fraction of sp³-hybridized carbons (Fsp3) is 0.881. The predicted octanol–water partition coefficient (Wildman–Crippen LogP) is 20.8. The van der Waals surface area contributed by atoms with Crippen molar-refractivity contribution in [3.8, 4) is 0 Å². The zero-order valence-electron chi connectivity index (χ0n) is 49.1. The molecule has 0 radical (unpaired) electrons. The van der Waals surface area contributed by atoms with Gasteiger partial charge in [0.25, 0.3) is 0 Å². The van der Waals surface area contributed by atoms with E-state index in [-0.39, 0.29) is 18.5 Å². The topological polar surface area (TPSA) is 95.9 Å². The molecule has 6 heteroatoms. The monoisotopic (exact) mass is 1030 g/mol. The van der Waals surface area contributed by atoms with Gasteiger partial charge >= 0.3 is 5.97 Å². The first-order valence-corrected chi connectivity index (χ1v) is 32.8. The number of ether oxygens (including phenoxy) is 1. The van der Waals surface area contributed by atoms with Crippen molar-refractivity contribution >= 4 is 11.9 Å². The van der Waals surface area contributed by atoms with Crippen LogP contribution in [0.1, 0.15) is 354 Å². The van der Waals surface area contributed by atoms with Gasteiger partial charge in [-0.2, -0.15) is 0 Å². The molecular formula is C67H127NO5. The minimum Gasteiger partial charge on any atom is -0.466 e. The second-order valence-electron chi connectivity index (χ2n) is 22.4. The minimum absolute atomic E-state index is 0.00552. The number of hydrogen-bond acceptors (Lipinski definition) is 5. The number of unbranched alkanes of at least 4 members (excludes halogenated alkanes) is 46. The summed E-state index contributed by atoms with van der Waals surface area (Å²) in [7, 11) is 0. The summed E-state index contributed by atoms with van der Waals surface area (Å²) < 4.78 is 5.47. The van der Waals surface area contributed by atoms with Crippen LogP contribution in [-0.4, -0.2) is 47.4 Å². The molecule has 0 aliphatic carbocycles. The summed E-state index contributed by atoms with van der Waals surface area (Å²) in [6.45, 7) is 4.90. The van der Waals surface area contributed by atoms with Crippen molar-refractivity contribution in [2.45, 2.75) is 366 Å². The van der Waals surface area contributed by atoms with Crippen molar-refractivity contribution < 1.29 is 24.5 Å². The van der Waals surface area contributed by atoms with Crippen LogP contribution in [0, 0.1) is 0 Å². The van der Waals surface area contributed by atoms with Crippen molar-refractivity contribution in [2.24, 2.45) is 0 Å². The predicted molar refractivity (Wildman–Crippen MR) is 319 cm³/mol. The Morgan fingerprint density at radius 3 is 0.986 bits per heavy atom. The Hall–Kier alpha value is -1.92. The van der Waals surface area contributed by atoms with Crippen LogP contribution in [-0.2, 0) is 14.3 Å². The Balaban J connectivity index is 3.41. The summed E-state index contributed by atoms with van der Waals surface area (Å²) >= 11 is 0. The third-order valence-electron chi connectivity index (χ3n) is 15.1. The van der Waals surface area contributed by atoms with Crippen LogP contribution >= 0.6 is 0 Å². The van der Waals surface area contributed by atoms with Crippen LogP contribution in [0.5, 0.6) is 0 Å². The van der Waals surface area contributed by atoms with Crippen molar-refractivity contribution in [3.05, 3.63) is 36.5 Å². The molecule has 3 N–H and O–H groups in total. The summed E-state index contributed by atoms with van der Waals surface area (Å²) in [5.41, 5.74) is 0. The molecular weight excluding hydrogens is 899 g/mol. The number of carbonyl (C=O) groups is 2. The maximum atomic E-state index is 12.5. The highest BCUT2D eigenvalue weighted by atomic mass is 16.5. The van der Waals surface area contributed by atoms with Crippen LogP contribution in [0.4, 0.5) is 0 Å². The maximum absolute atomic E-state index is 12.5. The van der Waals surface area contributed by atoms with Gasteiger partial charge in [0.05, 0.1) is 25.4 Å². The van der Waals surface area contributed by atoms with Crippen molar-refractivity contribution in [2.75, 3.05) is 13.2 Å². The molecule has 0 rings (SSSR count). The van der Waals surface area contributed by atoms with Crippen LogP contribution in [0.15, 0.2) is 36.5 Å². The number of hydrogen-bond donors (Lipinski definition) is 3. The summed E-state index contributed by atoms with van der Waals surface area (Å²) in [6, 6.07) is -0.629. The van der Waals surface area contributed by atoms with Gasteiger partial charge < -0.3 is 20.3 Å². The van der Waals surface area contributed by atoms with Gasteiger partial charge in [-0.3, -0.25) is 9.59 Å². The van der Waals surface area contributed by atoms with Crippen molar-refractivity contribution in [1.29, 1.82) is 0 Å². The second kappa shape index (κ2) is 62.6. The smallest absolute Gasteiger partial charge is 0.305 e. The molecule has 0 aromatic carbocycles. The molecule has 0 aliphatic rings. The van der Waals surface area contributed by atoms with Crippen LogP contribution < -0.4 is 5.32 Å². The average Bonchev–Trinajstić information content (AvgIpc) is 3.39. The lowest BCUT2D eigenvalue weighted by Gasteiger charge is -2.20. The SMILES string of the molecule is CCCCCC/C=C\CCCCCCCC(=O)OCCCCCCCCCCCCCC/C=C\CCCCCCCCCCCCCC(=O)NC(CO)C(O)/C=C/CCCCCCCCCCCCCCCC. The van der Waals surface area contributed by atoms with Crippen molar-refractivity contribution in [3.63, 3.8) is 0 Å². The summed E-state index contributed by atoms with van der Waals surface area (Å²) in [5, 5.41) is 23.2. The molecule has 2 unspecified atom stereocenters. The number of esters is 1. The third-order valence-corrected chi connectivity index (χ3v) is 15.1. The quantitative estimate of drug-likeness (QED) is 0.0320. The standard InChI is InChI=1S/C67H127NO5/c1-3-5-7-9-11-13-15-17-18-32-36-39-43-47-51-55-59-65(70)64(63-69)68-66(71)60-56-52-48-44-40-37-33-30-28-26-24-22-20-19-21-23-25-27-29-31-34-38-42-46-50-54-58-62-73-67(72)61-57-53-49-45-41-35-16-14-12-10-8-6-4-2/h14,16,19-20,55,59,64-65,69-70H,3-13,15,17-18,21-54,56-58,60-63H2,1-2H3,(H,68,71)/b16-14-,20-19-,59-55+. The van der Waals surface area contributed by atoms with Crippen molar-refractivity contribution in [1.82, 2.24) is 5.32 Å².